The summed E-state index contributed by atoms with van der Waals surface area (Å²) in [4.78, 5) is 14.0. The average Bonchev–Trinajstić information content (AvgIpc) is 2.73. The number of nitrogens with one attached hydrogen (secondary N) is 3. The van der Waals surface area contributed by atoms with Gasteiger partial charge in [-0.15, -0.1) is 10.2 Å². The Kier molecular flexibility index (Phi) is 6.26. The summed E-state index contributed by atoms with van der Waals surface area (Å²) >= 11 is 0. The van der Waals surface area contributed by atoms with Crippen LogP contribution in [0.1, 0.15) is 0 Å². The number of nitro benzene ring substituents is 1. The molecule has 0 fully saturated rings. The number of hydrogen-bond acceptors (Lipinski definition) is 9. The van der Waals surface area contributed by atoms with Gasteiger partial charge in [-0.25, -0.2) is 13.1 Å². The highest BCUT2D eigenvalue weighted by Gasteiger charge is 2.16. The molecular formula is C17H17N7O4S. The van der Waals surface area contributed by atoms with Gasteiger partial charge in [0, 0.05) is 31.4 Å². The van der Waals surface area contributed by atoms with Crippen LogP contribution in [0.5, 0.6) is 0 Å². The highest BCUT2D eigenvalue weighted by Crippen LogP contribution is 2.17. The Morgan fingerprint density at radius 2 is 1.79 bits per heavy atom. The highest BCUT2D eigenvalue weighted by atomic mass is 32.2. The fourth-order valence-corrected chi connectivity index (χ4v) is 3.37. The topological polar surface area (TPSA) is 152 Å². The van der Waals surface area contributed by atoms with E-state index < -0.39 is 14.9 Å². The molecule has 3 N–H and O–H groups in total. The van der Waals surface area contributed by atoms with Crippen molar-refractivity contribution in [1.82, 2.24) is 19.9 Å². The van der Waals surface area contributed by atoms with Crippen LogP contribution in [-0.2, 0) is 10.0 Å². The molecule has 0 aliphatic rings. The third-order valence-corrected chi connectivity index (χ3v) is 5.12. The van der Waals surface area contributed by atoms with E-state index in [1.165, 1.54) is 18.2 Å². The smallest absolute Gasteiger partial charge is 0.270 e. The third-order valence-electron chi connectivity index (χ3n) is 3.66. The summed E-state index contributed by atoms with van der Waals surface area (Å²) in [5, 5.41) is 24.8. The van der Waals surface area contributed by atoms with Gasteiger partial charge in [-0.3, -0.25) is 15.1 Å². The number of anilines is 3. The van der Waals surface area contributed by atoms with Crippen LogP contribution in [0.2, 0.25) is 0 Å². The molecule has 29 heavy (non-hydrogen) atoms. The number of nitro groups is 1. The fraction of sp³-hybridized carbons (Fsp3) is 0.118. The Morgan fingerprint density at radius 1 is 1.00 bits per heavy atom. The Morgan fingerprint density at radius 3 is 2.48 bits per heavy atom. The molecule has 0 amide bonds. The molecule has 3 aromatic rings. The highest BCUT2D eigenvalue weighted by molar-refractivity contribution is 7.89. The van der Waals surface area contributed by atoms with E-state index in [0.29, 0.717) is 11.6 Å². The van der Waals surface area contributed by atoms with E-state index in [2.05, 4.69) is 30.5 Å². The van der Waals surface area contributed by atoms with Crippen molar-refractivity contribution < 1.29 is 13.3 Å². The van der Waals surface area contributed by atoms with Crippen LogP contribution in [0.3, 0.4) is 0 Å². The number of benzene rings is 1. The fourth-order valence-electron chi connectivity index (χ4n) is 2.30. The standard InChI is InChI=1S/C17H17N7O4S/c25-24(26)14-4-1-5-15(11-14)29(27,28)20-10-9-19-16-6-7-17(23-22-16)21-13-3-2-8-18-12-13/h1-8,11-12,20H,9-10H2,(H,19,22)(H,21,23). The third kappa shape index (κ3) is 5.67. The molecule has 0 saturated carbocycles. The van der Waals surface area contributed by atoms with Crippen LogP contribution in [-0.4, -0.2) is 41.6 Å². The molecule has 0 unspecified atom stereocenters. The monoisotopic (exact) mass is 415 g/mol. The van der Waals surface area contributed by atoms with Gasteiger partial charge in [0.05, 0.1) is 21.7 Å². The van der Waals surface area contributed by atoms with Gasteiger partial charge in [0.2, 0.25) is 10.0 Å². The molecule has 0 atom stereocenters. The maximum atomic E-state index is 12.2. The molecule has 0 radical (unpaired) electrons. The maximum absolute atomic E-state index is 12.2. The molecule has 3 rings (SSSR count). The first-order chi connectivity index (χ1) is 13.9. The predicted molar refractivity (Wildman–Crippen MR) is 106 cm³/mol. The second-order valence-electron chi connectivity index (χ2n) is 5.75. The molecule has 12 heteroatoms. The van der Waals surface area contributed by atoms with Crippen LogP contribution < -0.4 is 15.4 Å². The number of aromatic nitrogens is 3. The van der Waals surface area contributed by atoms with E-state index in [1.807, 2.05) is 6.07 Å². The number of hydrogen-bond donors (Lipinski definition) is 3. The van der Waals surface area contributed by atoms with Crippen molar-refractivity contribution >= 4 is 33.0 Å². The minimum atomic E-state index is -3.86. The second-order valence-corrected chi connectivity index (χ2v) is 7.52. The Hall–Kier alpha value is -3.64. The van der Waals surface area contributed by atoms with E-state index >= 15 is 0 Å². The number of non-ortho nitro benzene ring substituents is 1. The summed E-state index contributed by atoms with van der Waals surface area (Å²) in [6.07, 6.45) is 3.32. The van der Waals surface area contributed by atoms with E-state index in [0.717, 1.165) is 11.8 Å². The largest absolute Gasteiger partial charge is 0.367 e. The summed E-state index contributed by atoms with van der Waals surface area (Å²) in [5.74, 6) is 1.01. The first kappa shape index (κ1) is 20.1. The molecule has 0 spiro atoms. The molecule has 2 aromatic heterocycles. The second kappa shape index (κ2) is 9.03. The minimum absolute atomic E-state index is 0.0579. The number of nitrogens with zero attached hydrogens (tertiary/aromatic N) is 4. The van der Waals surface area contributed by atoms with Gasteiger partial charge >= 0.3 is 0 Å². The summed E-state index contributed by atoms with van der Waals surface area (Å²) < 4.78 is 26.8. The van der Waals surface area contributed by atoms with E-state index in [9.17, 15) is 18.5 Å². The van der Waals surface area contributed by atoms with Gasteiger partial charge in [-0.05, 0) is 30.3 Å². The molecular weight excluding hydrogens is 398 g/mol. The lowest BCUT2D eigenvalue weighted by Gasteiger charge is -2.09. The van der Waals surface area contributed by atoms with Crippen molar-refractivity contribution in [3.05, 3.63) is 71.0 Å². The van der Waals surface area contributed by atoms with Crippen molar-refractivity contribution in [3.8, 4) is 0 Å². The van der Waals surface area contributed by atoms with E-state index in [-0.39, 0.29) is 23.7 Å². The predicted octanol–water partition coefficient (Wildman–Crippen LogP) is 1.91. The lowest BCUT2D eigenvalue weighted by Crippen LogP contribution is -2.29. The Balaban J connectivity index is 1.50. The van der Waals surface area contributed by atoms with Crippen molar-refractivity contribution in [2.75, 3.05) is 23.7 Å². The summed E-state index contributed by atoms with van der Waals surface area (Å²) in [5.41, 5.74) is 0.485. The summed E-state index contributed by atoms with van der Waals surface area (Å²) in [6, 6.07) is 11.9. The molecule has 0 bridgehead atoms. The van der Waals surface area contributed by atoms with Gasteiger partial charge in [0.1, 0.15) is 5.82 Å². The van der Waals surface area contributed by atoms with Gasteiger partial charge in [0.25, 0.3) is 5.69 Å². The van der Waals surface area contributed by atoms with E-state index in [4.69, 9.17) is 0 Å². The van der Waals surface area contributed by atoms with Crippen LogP contribution in [0.4, 0.5) is 23.0 Å². The molecule has 2 heterocycles. The van der Waals surface area contributed by atoms with E-state index in [1.54, 1.807) is 30.6 Å². The van der Waals surface area contributed by atoms with Gasteiger partial charge in [-0.2, -0.15) is 0 Å². The quantitative estimate of drug-likeness (QED) is 0.270. The molecule has 1 aromatic carbocycles. The van der Waals surface area contributed by atoms with Gasteiger partial charge in [0.15, 0.2) is 5.82 Å². The molecule has 0 saturated heterocycles. The zero-order valence-electron chi connectivity index (χ0n) is 15.0. The lowest BCUT2D eigenvalue weighted by molar-refractivity contribution is -0.385. The Labute approximate surface area is 166 Å². The summed E-state index contributed by atoms with van der Waals surface area (Å²) in [7, 11) is -3.86. The van der Waals surface area contributed by atoms with Crippen molar-refractivity contribution in [2.24, 2.45) is 0 Å². The maximum Gasteiger partial charge on any atom is 0.270 e. The van der Waals surface area contributed by atoms with Gasteiger partial charge < -0.3 is 10.6 Å². The first-order valence-electron chi connectivity index (χ1n) is 8.43. The molecule has 11 nitrogen and oxygen atoms in total. The summed E-state index contributed by atoms with van der Waals surface area (Å²) in [6.45, 7) is 0.306. The Bertz CT molecular complexity index is 1080. The first-order valence-corrected chi connectivity index (χ1v) is 9.91. The molecule has 0 aliphatic heterocycles. The number of rotatable bonds is 9. The van der Waals surface area contributed by atoms with Crippen molar-refractivity contribution in [2.45, 2.75) is 4.90 Å². The average molecular weight is 415 g/mol. The number of sulfonamides is 1. The normalized spacial score (nSPS) is 11.0. The molecule has 0 aliphatic carbocycles. The zero-order valence-corrected chi connectivity index (χ0v) is 15.8. The minimum Gasteiger partial charge on any atom is -0.367 e. The number of pyridine rings is 1. The van der Waals surface area contributed by atoms with Crippen LogP contribution in [0.25, 0.3) is 0 Å². The van der Waals surface area contributed by atoms with Crippen molar-refractivity contribution in [1.29, 1.82) is 0 Å². The molecule has 150 valence electrons. The van der Waals surface area contributed by atoms with Crippen LogP contribution >= 0.6 is 0 Å². The zero-order chi connectivity index (χ0) is 20.7. The SMILES string of the molecule is O=[N+]([O-])c1cccc(S(=O)(=O)NCCNc2ccc(Nc3cccnc3)nn2)c1. The van der Waals surface area contributed by atoms with Crippen molar-refractivity contribution in [3.63, 3.8) is 0 Å². The van der Waals surface area contributed by atoms with Crippen LogP contribution in [0, 0.1) is 10.1 Å². The van der Waals surface area contributed by atoms with Crippen LogP contribution in [0.15, 0.2) is 65.8 Å². The lowest BCUT2D eigenvalue weighted by atomic mass is 10.3. The van der Waals surface area contributed by atoms with Gasteiger partial charge in [-0.1, -0.05) is 6.07 Å².